The first-order valence-corrected chi connectivity index (χ1v) is 10.2. The van der Waals surface area contributed by atoms with E-state index in [-0.39, 0.29) is 18.2 Å². The number of aromatic nitrogens is 3. The lowest BCUT2D eigenvalue weighted by Crippen LogP contribution is -2.14. The molecule has 0 radical (unpaired) electrons. The third kappa shape index (κ3) is 5.53. The number of aliphatic hydroxyl groups excluding tert-OH is 1. The van der Waals surface area contributed by atoms with Gasteiger partial charge in [0.2, 0.25) is 0 Å². The summed E-state index contributed by atoms with van der Waals surface area (Å²) in [5.74, 6) is -1.58. The number of aliphatic carboxylic acids is 1. The number of hydrogen-bond donors (Lipinski definition) is 2. The number of carbonyl (C=O) groups is 2. The predicted octanol–water partition coefficient (Wildman–Crippen LogP) is 4.00. The maximum absolute atomic E-state index is 13.6. The standard InChI is InChI=1S/C24H24FN3O4/c1-15(2)23-20(11-10-18(29)13-19(30)14-22(31)32)24(16-6-8-17(25)9-7-16)28(27-23)21-5-3-4-12-26-21/h3-12,15,18,29H,13-14H2,1-2H3,(H,31,32)/b11-10+. The van der Waals surface area contributed by atoms with Crippen LogP contribution in [0.25, 0.3) is 23.2 Å². The zero-order valence-corrected chi connectivity index (χ0v) is 17.8. The number of Topliss-reactive ketones (excluding diaryl/α,β-unsaturated/α-hetero) is 1. The lowest BCUT2D eigenvalue weighted by atomic mass is 9.99. The number of halogens is 1. The second kappa shape index (κ2) is 10.1. The second-order valence-electron chi connectivity index (χ2n) is 7.65. The molecule has 8 heteroatoms. The molecule has 0 bridgehead atoms. The molecule has 166 valence electrons. The molecule has 7 nitrogen and oxygen atoms in total. The summed E-state index contributed by atoms with van der Waals surface area (Å²) < 4.78 is 15.2. The van der Waals surface area contributed by atoms with E-state index in [0.29, 0.717) is 22.6 Å². The Labute approximate surface area is 184 Å². The number of carboxylic acid groups (broad SMARTS) is 1. The van der Waals surface area contributed by atoms with Crippen molar-refractivity contribution in [1.82, 2.24) is 14.8 Å². The number of ketones is 1. The Morgan fingerprint density at radius 1 is 1.16 bits per heavy atom. The molecule has 2 aromatic heterocycles. The quantitative estimate of drug-likeness (QED) is 0.490. The molecule has 1 atom stereocenters. The normalized spacial score (nSPS) is 12.4. The maximum atomic E-state index is 13.6. The van der Waals surface area contributed by atoms with Gasteiger partial charge in [-0.3, -0.25) is 9.59 Å². The largest absolute Gasteiger partial charge is 0.481 e. The summed E-state index contributed by atoms with van der Waals surface area (Å²) >= 11 is 0. The van der Waals surface area contributed by atoms with Crippen molar-refractivity contribution in [3.8, 4) is 17.1 Å². The number of carbonyl (C=O) groups excluding carboxylic acids is 1. The van der Waals surface area contributed by atoms with E-state index in [2.05, 4.69) is 4.98 Å². The fourth-order valence-corrected chi connectivity index (χ4v) is 3.32. The Morgan fingerprint density at radius 3 is 2.47 bits per heavy atom. The van der Waals surface area contributed by atoms with Crippen LogP contribution in [-0.2, 0) is 9.59 Å². The van der Waals surface area contributed by atoms with Crippen LogP contribution in [0.3, 0.4) is 0 Å². The Balaban J connectivity index is 2.09. The molecule has 2 heterocycles. The van der Waals surface area contributed by atoms with Crippen LogP contribution in [0.1, 0.15) is 43.9 Å². The summed E-state index contributed by atoms with van der Waals surface area (Å²) in [7, 11) is 0. The molecule has 1 unspecified atom stereocenters. The van der Waals surface area contributed by atoms with E-state index in [1.165, 1.54) is 18.2 Å². The number of pyridine rings is 1. The minimum absolute atomic E-state index is 0.0181. The van der Waals surface area contributed by atoms with Crippen molar-refractivity contribution in [2.45, 2.75) is 38.7 Å². The number of aliphatic hydroxyl groups is 1. The van der Waals surface area contributed by atoms with Crippen LogP contribution >= 0.6 is 0 Å². The van der Waals surface area contributed by atoms with Crippen molar-refractivity contribution in [2.75, 3.05) is 0 Å². The van der Waals surface area contributed by atoms with Crippen molar-refractivity contribution in [1.29, 1.82) is 0 Å². The summed E-state index contributed by atoms with van der Waals surface area (Å²) in [6.07, 6.45) is 2.66. The summed E-state index contributed by atoms with van der Waals surface area (Å²) in [6, 6.07) is 11.4. The summed E-state index contributed by atoms with van der Waals surface area (Å²) in [4.78, 5) is 26.8. The van der Waals surface area contributed by atoms with E-state index < -0.39 is 24.3 Å². The number of rotatable bonds is 9. The Morgan fingerprint density at radius 2 is 1.88 bits per heavy atom. The van der Waals surface area contributed by atoms with Crippen molar-refractivity contribution in [2.24, 2.45) is 0 Å². The Bertz CT molecular complexity index is 1120. The van der Waals surface area contributed by atoms with Crippen molar-refractivity contribution < 1.29 is 24.2 Å². The smallest absolute Gasteiger partial charge is 0.310 e. The van der Waals surface area contributed by atoms with Gasteiger partial charge in [0, 0.05) is 23.7 Å². The Kier molecular flexibility index (Phi) is 7.27. The lowest BCUT2D eigenvalue weighted by Gasteiger charge is -2.09. The third-order valence-corrected chi connectivity index (χ3v) is 4.75. The van der Waals surface area contributed by atoms with Gasteiger partial charge in [-0.2, -0.15) is 5.10 Å². The van der Waals surface area contributed by atoms with Gasteiger partial charge in [-0.15, -0.1) is 0 Å². The van der Waals surface area contributed by atoms with Crippen LogP contribution in [0, 0.1) is 5.82 Å². The maximum Gasteiger partial charge on any atom is 0.310 e. The van der Waals surface area contributed by atoms with Crippen LogP contribution in [-0.4, -0.2) is 42.8 Å². The topological polar surface area (TPSA) is 105 Å². The summed E-state index contributed by atoms with van der Waals surface area (Å²) in [5, 5.41) is 23.7. The van der Waals surface area contributed by atoms with Gasteiger partial charge in [-0.05, 0) is 42.3 Å². The molecular weight excluding hydrogens is 413 g/mol. The molecule has 0 aliphatic heterocycles. The van der Waals surface area contributed by atoms with Gasteiger partial charge in [-0.1, -0.05) is 32.1 Å². The van der Waals surface area contributed by atoms with Gasteiger partial charge in [-0.25, -0.2) is 14.1 Å². The number of nitrogens with zero attached hydrogens (tertiary/aromatic N) is 3. The first-order chi connectivity index (χ1) is 15.3. The molecule has 2 N–H and O–H groups in total. The van der Waals surface area contributed by atoms with E-state index in [0.717, 1.165) is 5.69 Å². The number of carboxylic acids is 1. The van der Waals surface area contributed by atoms with Crippen LogP contribution < -0.4 is 0 Å². The highest BCUT2D eigenvalue weighted by Crippen LogP contribution is 2.33. The minimum Gasteiger partial charge on any atom is -0.481 e. The molecule has 1 aromatic carbocycles. The molecule has 0 aliphatic carbocycles. The summed E-state index contributed by atoms with van der Waals surface area (Å²) in [6.45, 7) is 3.95. The minimum atomic E-state index is -1.23. The van der Waals surface area contributed by atoms with Crippen molar-refractivity contribution in [3.05, 3.63) is 71.8 Å². The zero-order chi connectivity index (χ0) is 23.3. The fraction of sp³-hybridized carbons (Fsp3) is 0.250. The van der Waals surface area contributed by atoms with E-state index >= 15 is 0 Å². The van der Waals surface area contributed by atoms with Gasteiger partial charge in [0.25, 0.3) is 0 Å². The monoisotopic (exact) mass is 437 g/mol. The van der Waals surface area contributed by atoms with Crippen molar-refractivity contribution in [3.63, 3.8) is 0 Å². The summed E-state index contributed by atoms with van der Waals surface area (Å²) in [5.41, 5.74) is 2.79. The van der Waals surface area contributed by atoms with E-state index in [4.69, 9.17) is 10.2 Å². The van der Waals surface area contributed by atoms with Gasteiger partial charge in [0.1, 0.15) is 18.0 Å². The van der Waals surface area contributed by atoms with E-state index in [1.807, 2.05) is 19.9 Å². The van der Waals surface area contributed by atoms with Crippen LogP contribution in [0.4, 0.5) is 4.39 Å². The predicted molar refractivity (Wildman–Crippen MR) is 118 cm³/mol. The third-order valence-electron chi connectivity index (χ3n) is 4.75. The number of benzene rings is 1. The molecule has 3 rings (SSSR count). The fourth-order valence-electron chi connectivity index (χ4n) is 3.32. The molecule has 0 amide bonds. The lowest BCUT2D eigenvalue weighted by molar-refractivity contribution is -0.140. The molecule has 0 saturated carbocycles. The Hall–Kier alpha value is -3.65. The highest BCUT2D eigenvalue weighted by Gasteiger charge is 2.22. The first-order valence-electron chi connectivity index (χ1n) is 10.2. The highest BCUT2D eigenvalue weighted by molar-refractivity contribution is 5.95. The molecule has 0 fully saturated rings. The van der Waals surface area contributed by atoms with E-state index in [1.54, 1.807) is 41.2 Å². The average Bonchev–Trinajstić information content (AvgIpc) is 3.12. The van der Waals surface area contributed by atoms with Crippen LogP contribution in [0.15, 0.2) is 54.7 Å². The van der Waals surface area contributed by atoms with Gasteiger partial charge < -0.3 is 10.2 Å². The van der Waals surface area contributed by atoms with E-state index in [9.17, 15) is 19.1 Å². The highest BCUT2D eigenvalue weighted by atomic mass is 19.1. The zero-order valence-electron chi connectivity index (χ0n) is 17.8. The van der Waals surface area contributed by atoms with Crippen molar-refractivity contribution >= 4 is 17.8 Å². The van der Waals surface area contributed by atoms with Gasteiger partial charge in [0.05, 0.1) is 17.5 Å². The number of hydrogen-bond acceptors (Lipinski definition) is 5. The van der Waals surface area contributed by atoms with Gasteiger partial charge in [0.15, 0.2) is 5.82 Å². The average molecular weight is 437 g/mol. The van der Waals surface area contributed by atoms with Crippen LogP contribution in [0.5, 0.6) is 0 Å². The first kappa shape index (κ1) is 23.0. The SMILES string of the molecule is CC(C)c1nn(-c2ccccn2)c(-c2ccc(F)cc2)c1/C=C/C(O)CC(=O)CC(=O)O. The molecule has 3 aromatic rings. The van der Waals surface area contributed by atoms with Crippen LogP contribution in [0.2, 0.25) is 0 Å². The molecule has 0 aliphatic rings. The molecule has 0 spiro atoms. The molecule has 0 saturated heterocycles. The molecular formula is C24H24FN3O4. The second-order valence-corrected chi connectivity index (χ2v) is 7.65. The van der Waals surface area contributed by atoms with Gasteiger partial charge >= 0.3 is 5.97 Å². The molecule has 32 heavy (non-hydrogen) atoms.